The Bertz CT molecular complexity index is 395. The van der Waals surface area contributed by atoms with Crippen molar-refractivity contribution in [2.75, 3.05) is 0 Å². The van der Waals surface area contributed by atoms with E-state index in [1.807, 2.05) is 10.2 Å². The van der Waals surface area contributed by atoms with Gasteiger partial charge < -0.3 is 5.32 Å². The molecule has 1 aromatic heterocycles. The van der Waals surface area contributed by atoms with Crippen molar-refractivity contribution in [3.63, 3.8) is 0 Å². The fourth-order valence-corrected chi connectivity index (χ4v) is 2.44. The first-order chi connectivity index (χ1) is 8.17. The fraction of sp³-hybridized carbons (Fsp3) is 0.300. The van der Waals surface area contributed by atoms with E-state index in [1.54, 1.807) is 12.3 Å². The van der Waals surface area contributed by atoms with Crippen molar-refractivity contribution in [3.8, 4) is 0 Å². The lowest BCUT2D eigenvalue weighted by atomic mass is 10.3. The molecule has 94 valence electrons. The SMILES string of the molecule is C=CCC(F)/C=C/NCc1nc(Br)cn1SS. The summed E-state index contributed by atoms with van der Waals surface area (Å²) in [5.41, 5.74) is 0. The average Bonchev–Trinajstić information content (AvgIpc) is 2.65. The zero-order valence-electron chi connectivity index (χ0n) is 9.01. The van der Waals surface area contributed by atoms with Crippen LogP contribution in [-0.4, -0.2) is 15.1 Å². The maximum atomic E-state index is 13.0. The quantitative estimate of drug-likeness (QED) is 0.453. The third kappa shape index (κ3) is 5.18. The highest BCUT2D eigenvalue weighted by atomic mass is 79.9. The van der Waals surface area contributed by atoms with Gasteiger partial charge in [-0.2, -0.15) is 0 Å². The highest BCUT2D eigenvalue weighted by Crippen LogP contribution is 2.18. The molecule has 0 aliphatic heterocycles. The molecule has 0 aliphatic rings. The van der Waals surface area contributed by atoms with Crippen molar-refractivity contribution in [2.45, 2.75) is 19.1 Å². The number of hydrogen-bond donors (Lipinski definition) is 2. The minimum Gasteiger partial charge on any atom is -0.384 e. The van der Waals surface area contributed by atoms with Crippen LogP contribution in [0.3, 0.4) is 0 Å². The summed E-state index contributed by atoms with van der Waals surface area (Å²) in [6, 6.07) is 0. The van der Waals surface area contributed by atoms with E-state index in [4.69, 9.17) is 0 Å². The van der Waals surface area contributed by atoms with Gasteiger partial charge in [-0.05, 0) is 34.6 Å². The summed E-state index contributed by atoms with van der Waals surface area (Å²) in [5, 5.41) is 2.97. The first kappa shape index (κ1) is 14.7. The van der Waals surface area contributed by atoms with Crippen molar-refractivity contribution in [2.24, 2.45) is 0 Å². The first-order valence-corrected chi connectivity index (χ1v) is 7.50. The molecule has 1 rings (SSSR count). The van der Waals surface area contributed by atoms with Crippen molar-refractivity contribution in [1.82, 2.24) is 14.3 Å². The van der Waals surface area contributed by atoms with E-state index < -0.39 is 6.17 Å². The molecule has 0 aromatic carbocycles. The Morgan fingerprint density at radius 1 is 1.76 bits per heavy atom. The minimum absolute atomic E-state index is 0.324. The van der Waals surface area contributed by atoms with E-state index in [1.165, 1.54) is 17.1 Å². The highest BCUT2D eigenvalue weighted by Gasteiger charge is 2.04. The fourth-order valence-electron chi connectivity index (χ4n) is 1.12. The van der Waals surface area contributed by atoms with E-state index >= 15 is 0 Å². The third-order valence-electron chi connectivity index (χ3n) is 1.88. The summed E-state index contributed by atoms with van der Waals surface area (Å²) in [5.74, 6) is 0.806. The van der Waals surface area contributed by atoms with Crippen molar-refractivity contribution in [3.05, 3.63) is 41.6 Å². The Hall–Kier alpha value is -0.400. The smallest absolute Gasteiger partial charge is 0.140 e. The second-order valence-electron chi connectivity index (χ2n) is 3.17. The zero-order valence-corrected chi connectivity index (χ0v) is 12.3. The van der Waals surface area contributed by atoms with Gasteiger partial charge >= 0.3 is 0 Å². The molecule has 0 spiro atoms. The molecular formula is C10H13BrFN3S2. The van der Waals surface area contributed by atoms with Gasteiger partial charge in [0.25, 0.3) is 0 Å². The number of halogens is 2. The lowest BCUT2D eigenvalue weighted by Crippen LogP contribution is -2.09. The van der Waals surface area contributed by atoms with Gasteiger partial charge in [0, 0.05) is 11.0 Å². The second kappa shape index (κ2) is 7.84. The van der Waals surface area contributed by atoms with E-state index in [-0.39, 0.29) is 0 Å². The predicted octanol–water partition coefficient (Wildman–Crippen LogP) is 3.50. The number of allylic oxidation sites excluding steroid dienone is 2. The molecule has 0 amide bonds. The number of aromatic nitrogens is 2. The molecule has 1 aromatic rings. The van der Waals surface area contributed by atoms with Crippen LogP contribution in [0.4, 0.5) is 4.39 Å². The van der Waals surface area contributed by atoms with E-state index in [0.29, 0.717) is 13.0 Å². The Balaban J connectivity index is 2.42. The Kier molecular flexibility index (Phi) is 6.76. The van der Waals surface area contributed by atoms with Gasteiger partial charge in [-0.25, -0.2) is 9.37 Å². The third-order valence-corrected chi connectivity index (χ3v) is 3.28. The van der Waals surface area contributed by atoms with Crippen LogP contribution in [0.25, 0.3) is 0 Å². The van der Waals surface area contributed by atoms with E-state index in [0.717, 1.165) is 10.4 Å². The molecule has 0 fully saturated rings. The summed E-state index contributed by atoms with van der Waals surface area (Å²) < 4.78 is 15.6. The number of hydrogen-bond acceptors (Lipinski definition) is 4. The number of alkyl halides is 1. The van der Waals surface area contributed by atoms with Crippen molar-refractivity contribution in [1.29, 1.82) is 0 Å². The van der Waals surface area contributed by atoms with Gasteiger partial charge in [0.2, 0.25) is 0 Å². The number of thiol groups is 1. The molecule has 3 nitrogen and oxygen atoms in total. The second-order valence-corrected chi connectivity index (χ2v) is 5.03. The maximum Gasteiger partial charge on any atom is 0.140 e. The van der Waals surface area contributed by atoms with Crippen LogP contribution in [-0.2, 0) is 6.54 Å². The molecule has 1 atom stereocenters. The molecule has 1 unspecified atom stereocenters. The maximum absolute atomic E-state index is 13.0. The van der Waals surface area contributed by atoms with Gasteiger partial charge in [0.1, 0.15) is 16.6 Å². The molecular weight excluding hydrogens is 325 g/mol. The van der Waals surface area contributed by atoms with Crippen molar-refractivity contribution >= 4 is 38.6 Å². The minimum atomic E-state index is -0.995. The van der Waals surface area contributed by atoms with Gasteiger partial charge in [-0.1, -0.05) is 17.7 Å². The highest BCUT2D eigenvalue weighted by molar-refractivity contribution is 9.10. The van der Waals surface area contributed by atoms with Crippen molar-refractivity contribution < 1.29 is 4.39 Å². The van der Waals surface area contributed by atoms with Crippen LogP contribution in [0.2, 0.25) is 0 Å². The average molecular weight is 338 g/mol. The number of nitrogens with one attached hydrogen (secondary N) is 1. The first-order valence-electron chi connectivity index (χ1n) is 4.88. The number of rotatable bonds is 7. The lowest BCUT2D eigenvalue weighted by molar-refractivity contribution is 0.402. The van der Waals surface area contributed by atoms with Gasteiger partial charge in [0.15, 0.2) is 0 Å². The van der Waals surface area contributed by atoms with Crippen LogP contribution in [0.5, 0.6) is 0 Å². The zero-order chi connectivity index (χ0) is 12.7. The van der Waals surface area contributed by atoms with Crippen LogP contribution in [0.15, 0.2) is 35.7 Å². The lowest BCUT2D eigenvalue weighted by Gasteiger charge is -2.03. The van der Waals surface area contributed by atoms with Crippen LogP contribution in [0.1, 0.15) is 12.2 Å². The molecule has 7 heteroatoms. The predicted molar refractivity (Wildman–Crippen MR) is 77.6 cm³/mol. The molecule has 0 saturated carbocycles. The van der Waals surface area contributed by atoms with Gasteiger partial charge in [-0.3, -0.25) is 3.97 Å². The normalized spacial score (nSPS) is 12.9. The largest absolute Gasteiger partial charge is 0.384 e. The van der Waals surface area contributed by atoms with Crippen LogP contribution < -0.4 is 5.32 Å². The molecule has 0 radical (unpaired) electrons. The summed E-state index contributed by atoms with van der Waals surface area (Å²) in [6.45, 7) is 3.99. The molecule has 17 heavy (non-hydrogen) atoms. The molecule has 0 saturated heterocycles. The summed E-state index contributed by atoms with van der Waals surface area (Å²) in [4.78, 5) is 4.24. The van der Waals surface area contributed by atoms with Gasteiger partial charge in [0.05, 0.1) is 12.7 Å². The molecule has 1 N–H and O–H groups in total. The Morgan fingerprint density at radius 3 is 3.18 bits per heavy atom. The van der Waals surface area contributed by atoms with E-state index in [2.05, 4.69) is 44.5 Å². The standard InChI is InChI=1S/C10H13BrFN3S2/c1-2-3-8(12)4-5-13-6-10-14-9(11)7-15(10)17-16/h2,4-5,7-8,13,16H,1,3,6H2/b5-4+. The Morgan fingerprint density at radius 2 is 2.53 bits per heavy atom. The Labute approximate surface area is 118 Å². The number of imidazole rings is 1. The van der Waals surface area contributed by atoms with Crippen LogP contribution in [0, 0.1) is 0 Å². The van der Waals surface area contributed by atoms with E-state index in [9.17, 15) is 4.39 Å². The molecule has 0 aliphatic carbocycles. The molecule has 1 heterocycles. The van der Waals surface area contributed by atoms with Gasteiger partial charge in [-0.15, -0.1) is 6.58 Å². The topological polar surface area (TPSA) is 29.9 Å². The number of nitrogens with zero attached hydrogens (tertiary/aromatic N) is 2. The summed E-state index contributed by atoms with van der Waals surface area (Å²) >= 11 is 7.38. The summed E-state index contributed by atoms with van der Waals surface area (Å²) in [7, 11) is 1.26. The molecule has 0 bridgehead atoms. The van der Waals surface area contributed by atoms with Crippen LogP contribution >= 0.6 is 38.6 Å². The monoisotopic (exact) mass is 337 g/mol. The summed E-state index contributed by atoms with van der Waals surface area (Å²) in [6.07, 6.45) is 5.74.